The lowest BCUT2D eigenvalue weighted by molar-refractivity contribution is -0.113. The Morgan fingerprint density at radius 3 is 2.32 bits per heavy atom. The van der Waals surface area contributed by atoms with E-state index >= 15 is 0 Å². The molecule has 0 saturated carbocycles. The maximum absolute atomic E-state index is 12.4. The van der Waals surface area contributed by atoms with E-state index in [0.29, 0.717) is 15.7 Å². The van der Waals surface area contributed by atoms with Gasteiger partial charge in [-0.1, -0.05) is 41.4 Å². The van der Waals surface area contributed by atoms with E-state index in [4.69, 9.17) is 23.2 Å². The minimum atomic E-state index is -0.513. The van der Waals surface area contributed by atoms with E-state index in [-0.39, 0.29) is 5.70 Å². The van der Waals surface area contributed by atoms with E-state index in [1.807, 2.05) is 0 Å². The third kappa shape index (κ3) is 2.84. The Morgan fingerprint density at radius 1 is 0.955 bits per heavy atom. The van der Waals surface area contributed by atoms with Crippen molar-refractivity contribution < 1.29 is 9.59 Å². The molecule has 1 N–H and O–H groups in total. The first-order chi connectivity index (χ1) is 10.5. The number of hydrogen-bond donors (Lipinski definition) is 1. The Kier molecular flexibility index (Phi) is 3.88. The van der Waals surface area contributed by atoms with Crippen molar-refractivity contribution >= 4 is 46.9 Å². The summed E-state index contributed by atoms with van der Waals surface area (Å²) in [6.45, 7) is 0. The van der Waals surface area contributed by atoms with Crippen LogP contribution >= 0.6 is 23.2 Å². The summed E-state index contributed by atoms with van der Waals surface area (Å²) in [5.41, 5.74) is 1.33. The number of halogens is 2. The summed E-state index contributed by atoms with van der Waals surface area (Å²) in [6, 6.07) is 13.0. The molecule has 0 unspecified atom stereocenters. The number of anilines is 1. The summed E-state index contributed by atoms with van der Waals surface area (Å²) in [5.74, 6) is -0.438. The molecule has 0 aliphatic carbocycles. The van der Waals surface area contributed by atoms with Gasteiger partial charge < -0.3 is 5.32 Å². The van der Waals surface area contributed by atoms with Crippen molar-refractivity contribution in [1.82, 2.24) is 5.32 Å². The average Bonchev–Trinajstić information content (AvgIpc) is 2.73. The zero-order valence-electron chi connectivity index (χ0n) is 11.2. The maximum atomic E-state index is 12.4. The van der Waals surface area contributed by atoms with Crippen LogP contribution in [0.2, 0.25) is 10.0 Å². The normalized spacial score (nSPS) is 16.3. The Hall–Kier alpha value is -2.30. The van der Waals surface area contributed by atoms with E-state index in [1.54, 1.807) is 54.6 Å². The Morgan fingerprint density at radius 2 is 1.64 bits per heavy atom. The van der Waals surface area contributed by atoms with Gasteiger partial charge in [0.05, 0.1) is 5.69 Å². The van der Waals surface area contributed by atoms with Crippen molar-refractivity contribution in [3.8, 4) is 0 Å². The van der Waals surface area contributed by atoms with E-state index in [2.05, 4.69) is 5.32 Å². The van der Waals surface area contributed by atoms with Crippen LogP contribution in [-0.4, -0.2) is 11.9 Å². The standard InChI is InChI=1S/C16H10Cl2N2O2/c17-11-4-1-3-10(7-11)8-14-15(21)20(16(22)19-14)13-6-2-5-12(18)9-13/h1-9H,(H,19,22)/b14-8-. The number of urea groups is 1. The quantitative estimate of drug-likeness (QED) is 0.665. The molecule has 22 heavy (non-hydrogen) atoms. The molecule has 6 heteroatoms. The second-order valence-corrected chi connectivity index (χ2v) is 5.54. The van der Waals surface area contributed by atoms with Crippen LogP contribution in [0.5, 0.6) is 0 Å². The van der Waals surface area contributed by atoms with E-state index in [1.165, 1.54) is 0 Å². The highest BCUT2D eigenvalue weighted by molar-refractivity contribution is 6.32. The highest BCUT2D eigenvalue weighted by atomic mass is 35.5. The van der Waals surface area contributed by atoms with Gasteiger partial charge >= 0.3 is 6.03 Å². The van der Waals surface area contributed by atoms with Gasteiger partial charge in [-0.3, -0.25) is 4.79 Å². The maximum Gasteiger partial charge on any atom is 0.333 e. The number of rotatable bonds is 2. The summed E-state index contributed by atoms with van der Waals surface area (Å²) in [6.07, 6.45) is 1.58. The topological polar surface area (TPSA) is 49.4 Å². The molecule has 0 radical (unpaired) electrons. The summed E-state index contributed by atoms with van der Waals surface area (Å²) >= 11 is 11.8. The minimum absolute atomic E-state index is 0.187. The number of carbonyl (C=O) groups excluding carboxylic acids is 2. The van der Waals surface area contributed by atoms with Gasteiger partial charge in [-0.2, -0.15) is 0 Å². The number of amides is 3. The summed E-state index contributed by atoms with van der Waals surface area (Å²) < 4.78 is 0. The number of carbonyl (C=O) groups is 2. The SMILES string of the molecule is O=C1N/C(=C\c2cccc(Cl)c2)C(=O)N1c1cccc(Cl)c1. The molecule has 1 heterocycles. The molecule has 0 spiro atoms. The van der Waals surface area contributed by atoms with Crippen molar-refractivity contribution in [1.29, 1.82) is 0 Å². The fraction of sp³-hybridized carbons (Fsp3) is 0. The second kappa shape index (κ2) is 5.83. The molecule has 0 aromatic heterocycles. The first-order valence-corrected chi connectivity index (χ1v) is 7.18. The number of hydrogen-bond acceptors (Lipinski definition) is 2. The van der Waals surface area contributed by atoms with Crippen molar-refractivity contribution in [3.05, 3.63) is 69.8 Å². The molecular formula is C16H10Cl2N2O2. The van der Waals surface area contributed by atoms with E-state index in [9.17, 15) is 9.59 Å². The predicted molar refractivity (Wildman–Crippen MR) is 86.9 cm³/mol. The number of nitrogens with one attached hydrogen (secondary N) is 1. The highest BCUT2D eigenvalue weighted by Crippen LogP contribution is 2.25. The summed E-state index contributed by atoms with van der Waals surface area (Å²) in [4.78, 5) is 25.5. The monoisotopic (exact) mass is 332 g/mol. The van der Waals surface area contributed by atoms with Gasteiger partial charge in [0.15, 0.2) is 0 Å². The second-order valence-electron chi connectivity index (χ2n) is 4.66. The summed E-state index contributed by atoms with van der Waals surface area (Å²) in [7, 11) is 0. The largest absolute Gasteiger partial charge is 0.333 e. The molecule has 0 atom stereocenters. The van der Waals surface area contributed by atoms with Crippen LogP contribution in [0.25, 0.3) is 6.08 Å². The minimum Gasteiger partial charge on any atom is -0.302 e. The van der Waals surface area contributed by atoms with Crippen molar-refractivity contribution in [2.75, 3.05) is 4.90 Å². The molecule has 0 bridgehead atoms. The molecule has 3 amide bonds. The van der Waals surface area contributed by atoms with Gasteiger partial charge in [0.1, 0.15) is 5.70 Å². The lowest BCUT2D eigenvalue weighted by atomic mass is 10.2. The van der Waals surface area contributed by atoms with Crippen LogP contribution in [0.3, 0.4) is 0 Å². The van der Waals surface area contributed by atoms with Crippen LogP contribution in [0.1, 0.15) is 5.56 Å². The number of imide groups is 1. The lowest BCUT2D eigenvalue weighted by Crippen LogP contribution is -2.30. The van der Waals surface area contributed by atoms with Crippen LogP contribution in [0.15, 0.2) is 54.2 Å². The van der Waals surface area contributed by atoms with Crippen LogP contribution < -0.4 is 10.2 Å². The fourth-order valence-corrected chi connectivity index (χ4v) is 2.53. The van der Waals surface area contributed by atoms with Gasteiger partial charge in [0, 0.05) is 10.0 Å². The molecule has 1 fully saturated rings. The summed E-state index contributed by atoms with van der Waals surface area (Å²) in [5, 5.41) is 3.55. The Bertz CT molecular complexity index is 802. The molecule has 3 rings (SSSR count). The lowest BCUT2D eigenvalue weighted by Gasteiger charge is -2.11. The zero-order chi connectivity index (χ0) is 15.7. The molecule has 1 aliphatic heterocycles. The van der Waals surface area contributed by atoms with Crippen molar-refractivity contribution in [2.24, 2.45) is 0 Å². The molecule has 2 aromatic carbocycles. The van der Waals surface area contributed by atoms with Gasteiger partial charge in [-0.05, 0) is 42.0 Å². The predicted octanol–water partition coefficient (Wildman–Crippen LogP) is 4.09. The van der Waals surface area contributed by atoms with Crippen molar-refractivity contribution in [3.63, 3.8) is 0 Å². The van der Waals surface area contributed by atoms with Crippen LogP contribution in [0, 0.1) is 0 Å². The van der Waals surface area contributed by atoms with Crippen molar-refractivity contribution in [2.45, 2.75) is 0 Å². The zero-order valence-corrected chi connectivity index (χ0v) is 12.7. The van der Waals surface area contributed by atoms with Gasteiger partial charge in [0.25, 0.3) is 5.91 Å². The van der Waals surface area contributed by atoms with E-state index in [0.717, 1.165) is 10.5 Å². The van der Waals surface area contributed by atoms with Gasteiger partial charge in [-0.25, -0.2) is 9.69 Å². The third-order valence-corrected chi connectivity index (χ3v) is 3.57. The van der Waals surface area contributed by atoms with Crippen LogP contribution in [-0.2, 0) is 4.79 Å². The number of nitrogens with zero attached hydrogens (tertiary/aromatic N) is 1. The average molecular weight is 333 g/mol. The molecule has 2 aromatic rings. The molecular weight excluding hydrogens is 323 g/mol. The van der Waals surface area contributed by atoms with Gasteiger partial charge in [0.2, 0.25) is 0 Å². The van der Waals surface area contributed by atoms with E-state index < -0.39 is 11.9 Å². The highest BCUT2D eigenvalue weighted by Gasteiger charge is 2.34. The van der Waals surface area contributed by atoms with Gasteiger partial charge in [-0.15, -0.1) is 0 Å². The first kappa shape index (κ1) is 14.6. The molecule has 4 nitrogen and oxygen atoms in total. The Balaban J connectivity index is 1.95. The molecule has 1 saturated heterocycles. The third-order valence-electron chi connectivity index (χ3n) is 3.10. The molecule has 1 aliphatic rings. The number of benzene rings is 2. The van der Waals surface area contributed by atoms with Crippen LogP contribution in [0.4, 0.5) is 10.5 Å². The molecule has 110 valence electrons. The smallest absolute Gasteiger partial charge is 0.302 e. The first-order valence-electron chi connectivity index (χ1n) is 6.43. The Labute approximate surface area is 136 Å². The fourth-order valence-electron chi connectivity index (χ4n) is 2.15.